The van der Waals surface area contributed by atoms with Gasteiger partial charge in [0.2, 0.25) is 0 Å². The van der Waals surface area contributed by atoms with E-state index in [0.717, 1.165) is 5.06 Å². The van der Waals surface area contributed by atoms with Crippen molar-refractivity contribution in [2.24, 2.45) is 0 Å². The number of benzene rings is 1. The Hall–Kier alpha value is -2.16. The van der Waals surface area contributed by atoms with Gasteiger partial charge in [-0.25, -0.2) is 9.59 Å². The summed E-state index contributed by atoms with van der Waals surface area (Å²) in [5.74, 6) is -1.46. The molecule has 0 aromatic heterocycles. The van der Waals surface area contributed by atoms with Gasteiger partial charge in [-0.2, -0.15) is 0 Å². The molecule has 8 nitrogen and oxygen atoms in total. The Morgan fingerprint density at radius 3 is 2.23 bits per heavy atom. The van der Waals surface area contributed by atoms with Gasteiger partial charge < -0.3 is 24.5 Å². The van der Waals surface area contributed by atoms with Crippen molar-refractivity contribution in [1.29, 1.82) is 0 Å². The lowest BCUT2D eigenvalue weighted by atomic mass is 10.0. The third-order valence-corrected chi connectivity index (χ3v) is 3.30. The van der Waals surface area contributed by atoms with Crippen LogP contribution < -0.4 is 0 Å². The molecule has 0 radical (unpaired) electrons. The zero-order chi connectivity index (χ0) is 19.9. The maximum atomic E-state index is 12.1. The number of hydrogen-bond donors (Lipinski definition) is 2. The summed E-state index contributed by atoms with van der Waals surface area (Å²) >= 11 is 0. The lowest BCUT2D eigenvalue weighted by Crippen LogP contribution is -2.47. The topological polar surface area (TPSA) is 106 Å². The molecular weight excluding hydrogens is 342 g/mol. The first-order valence-corrected chi connectivity index (χ1v) is 8.33. The van der Waals surface area contributed by atoms with E-state index in [1.165, 1.54) is 0 Å². The molecule has 1 aromatic carbocycles. The number of aliphatic carboxylic acids is 1. The van der Waals surface area contributed by atoms with E-state index in [2.05, 4.69) is 0 Å². The Balaban J connectivity index is 3.24. The molecule has 0 saturated carbocycles. The second-order valence-electron chi connectivity index (χ2n) is 6.61. The lowest BCUT2D eigenvalue weighted by Gasteiger charge is -2.35. The van der Waals surface area contributed by atoms with Gasteiger partial charge in [0.1, 0.15) is 17.9 Å². The van der Waals surface area contributed by atoms with Crippen molar-refractivity contribution >= 4 is 12.1 Å². The normalized spacial score (nSPS) is 15.2. The Morgan fingerprint density at radius 2 is 1.77 bits per heavy atom. The first-order chi connectivity index (χ1) is 12.1. The van der Waals surface area contributed by atoms with E-state index < -0.39 is 36.1 Å². The molecule has 0 spiro atoms. The minimum atomic E-state index is -1.86. The van der Waals surface area contributed by atoms with Crippen molar-refractivity contribution in [3.8, 4) is 0 Å². The fraction of sp³-hybridized carbons (Fsp3) is 0.556. The summed E-state index contributed by atoms with van der Waals surface area (Å²) in [5.41, 5.74) is -0.358. The van der Waals surface area contributed by atoms with Gasteiger partial charge in [0.15, 0.2) is 6.10 Å². The number of ether oxygens (including phenoxy) is 2. The summed E-state index contributed by atoms with van der Waals surface area (Å²) in [6.45, 7) is 8.63. The van der Waals surface area contributed by atoms with Crippen molar-refractivity contribution in [2.75, 3.05) is 6.61 Å². The molecule has 0 aliphatic rings. The van der Waals surface area contributed by atoms with Gasteiger partial charge >= 0.3 is 12.1 Å². The van der Waals surface area contributed by atoms with Crippen LogP contribution in [0.1, 0.15) is 46.2 Å². The van der Waals surface area contributed by atoms with Gasteiger partial charge in [-0.1, -0.05) is 35.4 Å². The Kier molecular flexibility index (Phi) is 8.01. The van der Waals surface area contributed by atoms with Gasteiger partial charge in [0, 0.05) is 6.61 Å². The van der Waals surface area contributed by atoms with Crippen LogP contribution in [-0.4, -0.2) is 51.9 Å². The van der Waals surface area contributed by atoms with Gasteiger partial charge in [-0.3, -0.25) is 0 Å². The Morgan fingerprint density at radius 1 is 1.19 bits per heavy atom. The van der Waals surface area contributed by atoms with Crippen LogP contribution in [0.25, 0.3) is 0 Å². The van der Waals surface area contributed by atoms with Crippen LogP contribution in [0.15, 0.2) is 30.3 Å². The molecule has 0 saturated heterocycles. The SMILES string of the molecule is CCOC(C)N(OC(=O)OC(C)(C)C)C(c1ccccc1)C(O)C(=O)O. The van der Waals surface area contributed by atoms with Crippen LogP contribution >= 0.6 is 0 Å². The number of hydrogen-bond acceptors (Lipinski definition) is 7. The quantitative estimate of drug-likeness (QED) is 0.409. The average molecular weight is 369 g/mol. The summed E-state index contributed by atoms with van der Waals surface area (Å²) in [6.07, 6.45) is -3.71. The molecule has 3 unspecified atom stereocenters. The summed E-state index contributed by atoms with van der Waals surface area (Å²) in [4.78, 5) is 28.8. The zero-order valence-electron chi connectivity index (χ0n) is 15.7. The minimum Gasteiger partial charge on any atom is -0.479 e. The first kappa shape index (κ1) is 21.9. The third-order valence-electron chi connectivity index (χ3n) is 3.30. The third kappa shape index (κ3) is 6.62. The average Bonchev–Trinajstić information content (AvgIpc) is 2.53. The molecule has 0 bridgehead atoms. The van der Waals surface area contributed by atoms with Crippen molar-refractivity contribution in [3.05, 3.63) is 35.9 Å². The van der Waals surface area contributed by atoms with Gasteiger partial charge in [-0.15, -0.1) is 0 Å². The van der Waals surface area contributed by atoms with E-state index in [9.17, 15) is 19.8 Å². The maximum Gasteiger partial charge on any atom is 0.528 e. The molecular formula is C18H27NO7. The Bertz CT molecular complexity index is 585. The number of carboxylic acids is 1. The highest BCUT2D eigenvalue weighted by Crippen LogP contribution is 2.28. The summed E-state index contributed by atoms with van der Waals surface area (Å²) in [6, 6.07) is 7.19. The predicted molar refractivity (Wildman–Crippen MR) is 93.1 cm³/mol. The van der Waals surface area contributed by atoms with Gasteiger partial charge in [0.25, 0.3) is 0 Å². The molecule has 146 valence electrons. The number of aliphatic hydroxyl groups excluding tert-OH is 1. The van der Waals surface area contributed by atoms with E-state index in [-0.39, 0.29) is 0 Å². The number of nitrogens with zero attached hydrogens (tertiary/aromatic N) is 1. The van der Waals surface area contributed by atoms with E-state index in [0.29, 0.717) is 12.2 Å². The fourth-order valence-electron chi connectivity index (χ4n) is 2.28. The molecule has 0 aliphatic carbocycles. The standard InChI is InChI=1S/C18H27NO7/c1-6-24-12(2)19(26-17(23)25-18(3,4)5)14(15(20)16(21)22)13-10-8-7-9-11-13/h7-12,14-15,20H,6H2,1-5H3,(H,21,22). The van der Waals surface area contributed by atoms with Crippen molar-refractivity contribution in [1.82, 2.24) is 5.06 Å². The molecule has 2 N–H and O–H groups in total. The van der Waals surface area contributed by atoms with E-state index in [1.807, 2.05) is 0 Å². The van der Waals surface area contributed by atoms with Crippen LogP contribution in [0.3, 0.4) is 0 Å². The van der Waals surface area contributed by atoms with Crippen LogP contribution in [0.2, 0.25) is 0 Å². The highest BCUT2D eigenvalue weighted by molar-refractivity contribution is 5.73. The molecule has 8 heteroatoms. The number of rotatable bonds is 8. The number of carboxylic acid groups (broad SMARTS) is 1. The molecule has 26 heavy (non-hydrogen) atoms. The summed E-state index contributed by atoms with van der Waals surface area (Å²) in [5, 5.41) is 20.6. The lowest BCUT2D eigenvalue weighted by molar-refractivity contribution is -0.260. The molecule has 1 aromatic rings. The van der Waals surface area contributed by atoms with E-state index >= 15 is 0 Å². The molecule has 0 aliphatic heterocycles. The van der Waals surface area contributed by atoms with Crippen LogP contribution in [0, 0.1) is 0 Å². The number of hydroxylamine groups is 2. The van der Waals surface area contributed by atoms with Crippen LogP contribution in [0.4, 0.5) is 4.79 Å². The summed E-state index contributed by atoms with van der Waals surface area (Å²) in [7, 11) is 0. The zero-order valence-corrected chi connectivity index (χ0v) is 15.7. The number of carbonyl (C=O) groups is 2. The highest BCUT2D eigenvalue weighted by Gasteiger charge is 2.39. The molecule has 3 atom stereocenters. The number of carbonyl (C=O) groups excluding carboxylic acids is 1. The van der Waals surface area contributed by atoms with Gasteiger partial charge in [0.05, 0.1) is 0 Å². The largest absolute Gasteiger partial charge is 0.528 e. The molecule has 0 heterocycles. The fourth-order valence-corrected chi connectivity index (χ4v) is 2.28. The molecule has 1 rings (SSSR count). The first-order valence-electron chi connectivity index (χ1n) is 8.33. The maximum absolute atomic E-state index is 12.1. The van der Waals surface area contributed by atoms with Crippen LogP contribution in [0.5, 0.6) is 0 Å². The summed E-state index contributed by atoms with van der Waals surface area (Å²) < 4.78 is 10.6. The highest BCUT2D eigenvalue weighted by atomic mass is 16.8. The smallest absolute Gasteiger partial charge is 0.479 e. The molecule has 0 amide bonds. The second kappa shape index (κ2) is 9.51. The van der Waals surface area contributed by atoms with Crippen molar-refractivity contribution < 1.29 is 34.1 Å². The van der Waals surface area contributed by atoms with Crippen molar-refractivity contribution in [2.45, 2.75) is 58.6 Å². The number of aliphatic hydroxyl groups is 1. The van der Waals surface area contributed by atoms with Gasteiger partial charge in [-0.05, 0) is 40.2 Å². The van der Waals surface area contributed by atoms with E-state index in [4.69, 9.17) is 14.3 Å². The predicted octanol–water partition coefficient (Wildman–Crippen LogP) is 2.72. The van der Waals surface area contributed by atoms with Crippen molar-refractivity contribution in [3.63, 3.8) is 0 Å². The van der Waals surface area contributed by atoms with Crippen LogP contribution in [-0.2, 0) is 19.1 Å². The molecule has 0 fully saturated rings. The van der Waals surface area contributed by atoms with E-state index in [1.54, 1.807) is 65.0 Å². The monoisotopic (exact) mass is 369 g/mol. The Labute approximate surface area is 153 Å². The minimum absolute atomic E-state index is 0.292. The second-order valence-corrected chi connectivity index (χ2v) is 6.61.